The summed E-state index contributed by atoms with van der Waals surface area (Å²) in [5.74, 6) is 1.79. The molecule has 100 valence electrons. The predicted molar refractivity (Wildman–Crippen MR) is 79.4 cm³/mol. The number of pyridine rings is 1. The number of ether oxygens (including phenoxy) is 1. The van der Waals surface area contributed by atoms with E-state index in [1.807, 2.05) is 31.2 Å². The zero-order chi connectivity index (χ0) is 13.8. The van der Waals surface area contributed by atoms with Crippen molar-refractivity contribution in [1.82, 2.24) is 4.98 Å². The first-order valence-electron chi connectivity index (χ1n) is 6.11. The molecular weight excluding hydrogens is 281 g/mol. The highest BCUT2D eigenvalue weighted by molar-refractivity contribution is 6.31. The molecule has 1 heterocycles. The fraction of sp³-hybridized carbons (Fsp3) is 0.267. The first-order chi connectivity index (χ1) is 9.13. The lowest BCUT2D eigenvalue weighted by atomic mass is 10.1. The van der Waals surface area contributed by atoms with Gasteiger partial charge in [-0.3, -0.25) is 0 Å². The number of hydrogen-bond donors (Lipinski definition) is 0. The molecule has 0 amide bonds. The van der Waals surface area contributed by atoms with Gasteiger partial charge in [0, 0.05) is 22.7 Å². The third kappa shape index (κ3) is 3.40. The molecule has 19 heavy (non-hydrogen) atoms. The average Bonchev–Trinajstić information content (AvgIpc) is 2.43. The lowest BCUT2D eigenvalue weighted by Gasteiger charge is -2.10. The van der Waals surface area contributed by atoms with Crippen LogP contribution in [0, 0.1) is 6.92 Å². The number of benzene rings is 1. The van der Waals surface area contributed by atoms with Gasteiger partial charge in [0.15, 0.2) is 0 Å². The Kier molecular flexibility index (Phi) is 4.67. The first kappa shape index (κ1) is 14.2. The summed E-state index contributed by atoms with van der Waals surface area (Å²) in [6.45, 7) is 4.01. The number of halogens is 2. The van der Waals surface area contributed by atoms with E-state index in [2.05, 4.69) is 11.9 Å². The summed E-state index contributed by atoms with van der Waals surface area (Å²) in [5, 5.41) is 0.761. The SMILES string of the molecule is CCc1cc(Oc2ncc(CCl)cc2C)ccc1Cl. The van der Waals surface area contributed by atoms with Crippen LogP contribution in [0.15, 0.2) is 30.5 Å². The lowest BCUT2D eigenvalue weighted by molar-refractivity contribution is 0.458. The highest BCUT2D eigenvalue weighted by atomic mass is 35.5. The first-order valence-corrected chi connectivity index (χ1v) is 7.03. The van der Waals surface area contributed by atoms with Crippen molar-refractivity contribution in [3.63, 3.8) is 0 Å². The minimum Gasteiger partial charge on any atom is -0.439 e. The second-order valence-corrected chi connectivity index (χ2v) is 4.98. The maximum atomic E-state index is 6.08. The smallest absolute Gasteiger partial charge is 0.222 e. The summed E-state index contributed by atoms with van der Waals surface area (Å²) in [6.07, 6.45) is 2.60. The van der Waals surface area contributed by atoms with Crippen LogP contribution in [-0.2, 0) is 12.3 Å². The van der Waals surface area contributed by atoms with E-state index in [1.54, 1.807) is 6.20 Å². The Morgan fingerprint density at radius 1 is 1.26 bits per heavy atom. The maximum Gasteiger partial charge on any atom is 0.222 e. The summed E-state index contributed by atoms with van der Waals surface area (Å²) in [7, 11) is 0. The third-order valence-corrected chi connectivity index (χ3v) is 3.53. The summed E-state index contributed by atoms with van der Waals surface area (Å²) >= 11 is 11.9. The minimum absolute atomic E-state index is 0.453. The summed E-state index contributed by atoms with van der Waals surface area (Å²) in [4.78, 5) is 4.28. The van der Waals surface area contributed by atoms with Crippen molar-refractivity contribution in [2.75, 3.05) is 0 Å². The van der Waals surface area contributed by atoms with Crippen LogP contribution in [0.4, 0.5) is 0 Å². The van der Waals surface area contributed by atoms with Crippen molar-refractivity contribution in [3.05, 3.63) is 52.2 Å². The number of rotatable bonds is 4. The van der Waals surface area contributed by atoms with Gasteiger partial charge >= 0.3 is 0 Å². The zero-order valence-electron chi connectivity index (χ0n) is 10.9. The Balaban J connectivity index is 2.26. The molecule has 0 unspecified atom stereocenters. The summed E-state index contributed by atoms with van der Waals surface area (Å²) in [6, 6.07) is 7.61. The van der Waals surface area contributed by atoms with Crippen molar-refractivity contribution in [1.29, 1.82) is 0 Å². The Hall–Kier alpha value is -1.25. The van der Waals surface area contributed by atoms with Gasteiger partial charge < -0.3 is 4.74 Å². The van der Waals surface area contributed by atoms with Crippen LogP contribution in [0.2, 0.25) is 5.02 Å². The molecular formula is C15H15Cl2NO. The van der Waals surface area contributed by atoms with E-state index >= 15 is 0 Å². The van der Waals surface area contributed by atoms with Crippen molar-refractivity contribution in [2.45, 2.75) is 26.1 Å². The van der Waals surface area contributed by atoms with Gasteiger partial charge in [-0.25, -0.2) is 4.98 Å². The minimum atomic E-state index is 0.453. The monoisotopic (exact) mass is 295 g/mol. The van der Waals surface area contributed by atoms with E-state index in [-0.39, 0.29) is 0 Å². The molecule has 2 rings (SSSR count). The molecule has 4 heteroatoms. The molecule has 0 saturated carbocycles. The van der Waals surface area contributed by atoms with Crippen molar-refractivity contribution in [2.24, 2.45) is 0 Å². The molecule has 0 fully saturated rings. The van der Waals surface area contributed by atoms with E-state index in [9.17, 15) is 0 Å². The largest absolute Gasteiger partial charge is 0.439 e. The Morgan fingerprint density at radius 2 is 2.05 bits per heavy atom. The van der Waals surface area contributed by atoms with Crippen LogP contribution in [0.25, 0.3) is 0 Å². The number of aryl methyl sites for hydroxylation is 2. The lowest BCUT2D eigenvalue weighted by Crippen LogP contribution is -1.94. The van der Waals surface area contributed by atoms with Gasteiger partial charge in [-0.15, -0.1) is 11.6 Å². The highest BCUT2D eigenvalue weighted by Crippen LogP contribution is 2.27. The average molecular weight is 296 g/mol. The Bertz CT molecular complexity index is 584. The molecule has 0 saturated heterocycles. The molecule has 0 bridgehead atoms. The summed E-state index contributed by atoms with van der Waals surface area (Å²) < 4.78 is 5.79. The third-order valence-electron chi connectivity index (χ3n) is 2.85. The fourth-order valence-electron chi connectivity index (χ4n) is 1.80. The van der Waals surface area contributed by atoms with Gasteiger partial charge in [0.25, 0.3) is 0 Å². The van der Waals surface area contributed by atoms with Crippen LogP contribution >= 0.6 is 23.2 Å². The Labute approximate surface area is 123 Å². The Morgan fingerprint density at radius 3 is 2.68 bits per heavy atom. The second kappa shape index (κ2) is 6.27. The summed E-state index contributed by atoms with van der Waals surface area (Å²) in [5.41, 5.74) is 3.01. The van der Waals surface area contributed by atoms with Gasteiger partial charge in [0.1, 0.15) is 5.75 Å². The molecule has 0 aliphatic carbocycles. The van der Waals surface area contributed by atoms with Crippen LogP contribution in [0.1, 0.15) is 23.6 Å². The number of aromatic nitrogens is 1. The molecule has 0 radical (unpaired) electrons. The van der Waals surface area contributed by atoms with Gasteiger partial charge in [-0.1, -0.05) is 18.5 Å². The number of alkyl halides is 1. The van der Waals surface area contributed by atoms with Gasteiger partial charge in [-0.2, -0.15) is 0 Å². The van der Waals surface area contributed by atoms with Crippen LogP contribution in [-0.4, -0.2) is 4.98 Å². The maximum absolute atomic E-state index is 6.08. The fourth-order valence-corrected chi connectivity index (χ4v) is 2.19. The molecule has 2 aromatic rings. The number of nitrogens with zero attached hydrogens (tertiary/aromatic N) is 1. The zero-order valence-corrected chi connectivity index (χ0v) is 12.4. The van der Waals surface area contributed by atoms with E-state index in [0.29, 0.717) is 11.8 Å². The van der Waals surface area contributed by atoms with E-state index in [4.69, 9.17) is 27.9 Å². The molecule has 0 atom stereocenters. The molecule has 0 aliphatic heterocycles. The predicted octanol–water partition coefficient (Wildman–Crippen LogP) is 5.14. The standard InChI is InChI=1S/C15H15Cl2NO/c1-3-12-7-13(4-5-14(12)17)19-15-10(2)6-11(8-16)9-18-15/h4-7,9H,3,8H2,1-2H3. The molecule has 1 aromatic heterocycles. The van der Waals surface area contributed by atoms with Gasteiger partial charge in [0.2, 0.25) is 5.88 Å². The number of hydrogen-bond acceptors (Lipinski definition) is 2. The molecule has 1 aromatic carbocycles. The highest BCUT2D eigenvalue weighted by Gasteiger charge is 2.06. The van der Waals surface area contributed by atoms with Crippen molar-refractivity contribution in [3.8, 4) is 11.6 Å². The second-order valence-electron chi connectivity index (χ2n) is 4.31. The quantitative estimate of drug-likeness (QED) is 0.729. The normalized spacial score (nSPS) is 10.5. The molecule has 0 N–H and O–H groups in total. The van der Waals surface area contributed by atoms with Crippen LogP contribution in [0.3, 0.4) is 0 Å². The molecule has 2 nitrogen and oxygen atoms in total. The van der Waals surface area contributed by atoms with Crippen LogP contribution in [0.5, 0.6) is 11.6 Å². The van der Waals surface area contributed by atoms with Crippen LogP contribution < -0.4 is 4.74 Å². The van der Waals surface area contributed by atoms with Gasteiger partial charge in [-0.05, 0) is 48.7 Å². The van der Waals surface area contributed by atoms with Gasteiger partial charge in [0.05, 0.1) is 0 Å². The van der Waals surface area contributed by atoms with Crippen molar-refractivity contribution < 1.29 is 4.74 Å². The van der Waals surface area contributed by atoms with E-state index in [0.717, 1.165) is 33.9 Å². The topological polar surface area (TPSA) is 22.1 Å². The van der Waals surface area contributed by atoms with E-state index < -0.39 is 0 Å². The molecule has 0 aliphatic rings. The van der Waals surface area contributed by atoms with Crippen molar-refractivity contribution >= 4 is 23.2 Å². The molecule has 0 spiro atoms. The van der Waals surface area contributed by atoms with E-state index in [1.165, 1.54) is 0 Å².